The predicted octanol–water partition coefficient (Wildman–Crippen LogP) is 1.76. The van der Waals surface area contributed by atoms with E-state index in [1.165, 1.54) is 12.8 Å². The van der Waals surface area contributed by atoms with E-state index in [-0.39, 0.29) is 11.9 Å². The van der Waals surface area contributed by atoms with Crippen molar-refractivity contribution in [1.82, 2.24) is 20.4 Å². The summed E-state index contributed by atoms with van der Waals surface area (Å²) in [6, 6.07) is 0.719. The van der Waals surface area contributed by atoms with Crippen LogP contribution in [0.15, 0.2) is 0 Å². The van der Waals surface area contributed by atoms with Crippen molar-refractivity contribution in [2.45, 2.75) is 51.6 Å². The molecular formula is C19H34N4O2S. The number of carbonyl (C=O) groups excluding carboxylic acids is 2. The third kappa shape index (κ3) is 5.52. The quantitative estimate of drug-likeness (QED) is 0.778. The number of nitrogens with zero attached hydrogens (tertiary/aromatic N) is 2. The molecule has 0 bridgehead atoms. The fourth-order valence-electron chi connectivity index (χ4n) is 4.09. The second kappa shape index (κ2) is 9.31. The Balaban J connectivity index is 1.34. The molecule has 2 unspecified atom stereocenters. The van der Waals surface area contributed by atoms with Crippen LogP contribution >= 0.6 is 11.8 Å². The van der Waals surface area contributed by atoms with E-state index in [9.17, 15) is 9.59 Å². The Morgan fingerprint density at radius 2 is 1.65 bits per heavy atom. The molecule has 2 N–H and O–H groups in total. The zero-order valence-corrected chi connectivity index (χ0v) is 17.0. The van der Waals surface area contributed by atoms with Gasteiger partial charge in [-0.1, -0.05) is 13.8 Å². The molecule has 2 atom stereocenters. The number of hydrogen-bond acceptors (Lipinski definition) is 4. The summed E-state index contributed by atoms with van der Waals surface area (Å²) in [7, 11) is 0. The maximum atomic E-state index is 12.4. The molecule has 7 heteroatoms. The molecule has 3 rings (SSSR count). The van der Waals surface area contributed by atoms with Crippen molar-refractivity contribution in [1.29, 1.82) is 0 Å². The van der Waals surface area contributed by atoms with Gasteiger partial charge < -0.3 is 15.5 Å². The molecule has 3 fully saturated rings. The molecule has 0 spiro atoms. The summed E-state index contributed by atoms with van der Waals surface area (Å²) in [5, 5.41) is 6.38. The van der Waals surface area contributed by atoms with Gasteiger partial charge in [-0.2, -0.15) is 11.8 Å². The van der Waals surface area contributed by atoms with Crippen LogP contribution in [0, 0.1) is 11.8 Å². The van der Waals surface area contributed by atoms with Crippen molar-refractivity contribution < 1.29 is 9.59 Å². The Bertz CT molecular complexity index is 488. The second-order valence-electron chi connectivity index (χ2n) is 8.36. The SMILES string of the molecule is CC1CCC(NC(=O)CN2CCN(C(=O)NC3CSCC3C)CC2)CC1. The van der Waals surface area contributed by atoms with E-state index in [1.54, 1.807) is 0 Å². The molecule has 3 amide bonds. The minimum Gasteiger partial charge on any atom is -0.352 e. The first-order valence-electron chi connectivity index (χ1n) is 10.2. The van der Waals surface area contributed by atoms with Gasteiger partial charge in [0.2, 0.25) is 5.91 Å². The number of carbonyl (C=O) groups is 2. The maximum absolute atomic E-state index is 12.4. The fourth-order valence-corrected chi connectivity index (χ4v) is 5.49. The minimum absolute atomic E-state index is 0.0600. The molecule has 1 aliphatic carbocycles. The van der Waals surface area contributed by atoms with E-state index in [0.29, 0.717) is 37.6 Å². The number of urea groups is 1. The lowest BCUT2D eigenvalue weighted by Gasteiger charge is -2.35. The van der Waals surface area contributed by atoms with Crippen molar-refractivity contribution in [2.75, 3.05) is 44.2 Å². The van der Waals surface area contributed by atoms with Gasteiger partial charge in [-0.15, -0.1) is 0 Å². The molecule has 26 heavy (non-hydrogen) atoms. The highest BCUT2D eigenvalue weighted by Gasteiger charge is 2.29. The monoisotopic (exact) mass is 382 g/mol. The average molecular weight is 383 g/mol. The molecule has 2 aliphatic heterocycles. The van der Waals surface area contributed by atoms with E-state index in [0.717, 1.165) is 43.4 Å². The maximum Gasteiger partial charge on any atom is 0.317 e. The molecule has 0 aromatic carbocycles. The van der Waals surface area contributed by atoms with Crippen LogP contribution in [-0.2, 0) is 4.79 Å². The zero-order chi connectivity index (χ0) is 18.5. The molecule has 148 valence electrons. The molecule has 2 saturated heterocycles. The fraction of sp³-hybridized carbons (Fsp3) is 0.895. The second-order valence-corrected chi connectivity index (χ2v) is 9.43. The van der Waals surface area contributed by atoms with E-state index in [1.807, 2.05) is 16.7 Å². The number of nitrogens with one attached hydrogen (secondary N) is 2. The largest absolute Gasteiger partial charge is 0.352 e. The Labute approximate surface area is 161 Å². The number of amides is 3. The highest BCUT2D eigenvalue weighted by Crippen LogP contribution is 2.24. The van der Waals surface area contributed by atoms with Gasteiger partial charge in [-0.25, -0.2) is 4.79 Å². The van der Waals surface area contributed by atoms with Crippen LogP contribution in [0.2, 0.25) is 0 Å². The van der Waals surface area contributed by atoms with Gasteiger partial charge in [0.1, 0.15) is 0 Å². The van der Waals surface area contributed by atoms with Gasteiger partial charge in [0.15, 0.2) is 0 Å². The summed E-state index contributed by atoms with van der Waals surface area (Å²) < 4.78 is 0. The van der Waals surface area contributed by atoms with Crippen molar-refractivity contribution in [2.24, 2.45) is 11.8 Å². The molecular weight excluding hydrogens is 348 g/mol. The third-order valence-electron chi connectivity index (χ3n) is 6.08. The van der Waals surface area contributed by atoms with Crippen LogP contribution in [0.1, 0.15) is 39.5 Å². The third-order valence-corrected chi connectivity index (χ3v) is 7.44. The zero-order valence-electron chi connectivity index (χ0n) is 16.2. The number of rotatable bonds is 4. The molecule has 6 nitrogen and oxygen atoms in total. The van der Waals surface area contributed by atoms with Crippen molar-refractivity contribution in [3.05, 3.63) is 0 Å². The van der Waals surface area contributed by atoms with Crippen molar-refractivity contribution in [3.63, 3.8) is 0 Å². The summed E-state index contributed by atoms with van der Waals surface area (Å²) in [5.41, 5.74) is 0. The normalized spacial score (nSPS) is 33.1. The van der Waals surface area contributed by atoms with Crippen LogP contribution in [0.4, 0.5) is 4.79 Å². The highest BCUT2D eigenvalue weighted by atomic mass is 32.2. The van der Waals surface area contributed by atoms with E-state index in [2.05, 4.69) is 29.4 Å². The van der Waals surface area contributed by atoms with Crippen LogP contribution in [0.3, 0.4) is 0 Å². The van der Waals surface area contributed by atoms with Crippen LogP contribution in [-0.4, -0.2) is 78.1 Å². The lowest BCUT2D eigenvalue weighted by atomic mass is 9.87. The number of hydrogen-bond donors (Lipinski definition) is 2. The Morgan fingerprint density at radius 1 is 0.962 bits per heavy atom. The molecule has 2 heterocycles. The summed E-state index contributed by atoms with van der Waals surface area (Å²) in [5.74, 6) is 3.64. The van der Waals surface area contributed by atoms with E-state index < -0.39 is 0 Å². The summed E-state index contributed by atoms with van der Waals surface area (Å²) >= 11 is 1.91. The first-order valence-corrected chi connectivity index (χ1v) is 11.3. The van der Waals surface area contributed by atoms with Gasteiger partial charge in [0, 0.05) is 44.0 Å². The molecule has 3 aliphatic rings. The van der Waals surface area contributed by atoms with E-state index >= 15 is 0 Å². The molecule has 1 saturated carbocycles. The van der Waals surface area contributed by atoms with Crippen molar-refractivity contribution >= 4 is 23.7 Å². The Morgan fingerprint density at radius 3 is 2.27 bits per heavy atom. The molecule has 0 radical (unpaired) electrons. The van der Waals surface area contributed by atoms with Gasteiger partial charge in [-0.05, 0) is 43.3 Å². The standard InChI is InChI=1S/C19H34N4O2S/c1-14-3-5-16(6-4-14)20-18(24)11-22-7-9-23(10-8-22)19(25)21-17-13-26-12-15(17)2/h14-17H,3-13H2,1-2H3,(H,20,24)(H,21,25). The van der Waals surface area contributed by atoms with Gasteiger partial charge in [0.05, 0.1) is 6.54 Å². The molecule has 0 aromatic heterocycles. The lowest BCUT2D eigenvalue weighted by Crippen LogP contribution is -2.55. The molecule has 0 aromatic rings. The summed E-state index contributed by atoms with van der Waals surface area (Å²) in [6.45, 7) is 7.91. The summed E-state index contributed by atoms with van der Waals surface area (Å²) in [6.07, 6.45) is 4.66. The Kier molecular flexibility index (Phi) is 7.09. The van der Waals surface area contributed by atoms with Crippen molar-refractivity contribution in [3.8, 4) is 0 Å². The van der Waals surface area contributed by atoms with Crippen LogP contribution in [0.5, 0.6) is 0 Å². The average Bonchev–Trinajstić information content (AvgIpc) is 3.02. The predicted molar refractivity (Wildman–Crippen MR) is 106 cm³/mol. The van der Waals surface area contributed by atoms with Crippen LogP contribution in [0.25, 0.3) is 0 Å². The van der Waals surface area contributed by atoms with E-state index in [4.69, 9.17) is 0 Å². The topological polar surface area (TPSA) is 64.7 Å². The number of piperazine rings is 1. The summed E-state index contributed by atoms with van der Waals surface area (Å²) in [4.78, 5) is 28.8. The lowest BCUT2D eigenvalue weighted by molar-refractivity contribution is -0.123. The first-order chi connectivity index (χ1) is 12.5. The smallest absolute Gasteiger partial charge is 0.317 e. The van der Waals surface area contributed by atoms with Gasteiger partial charge in [-0.3, -0.25) is 9.69 Å². The van der Waals surface area contributed by atoms with Crippen LogP contribution < -0.4 is 10.6 Å². The highest BCUT2D eigenvalue weighted by molar-refractivity contribution is 7.99. The first kappa shape index (κ1) is 19.8. The van der Waals surface area contributed by atoms with Gasteiger partial charge in [0.25, 0.3) is 0 Å². The minimum atomic E-state index is 0.0600. The number of thioether (sulfide) groups is 1. The Hall–Kier alpha value is -0.950. The van der Waals surface area contributed by atoms with Gasteiger partial charge >= 0.3 is 6.03 Å².